The molecule has 0 aliphatic carbocycles. The van der Waals surface area contributed by atoms with Crippen molar-refractivity contribution in [1.82, 2.24) is 0 Å². The van der Waals surface area contributed by atoms with Crippen molar-refractivity contribution in [3.63, 3.8) is 0 Å². The number of carbonyl (C=O) groups is 2. The number of anilines is 1. The summed E-state index contributed by atoms with van der Waals surface area (Å²) in [4.78, 5) is 23.4. The maximum atomic E-state index is 12.4. The monoisotopic (exact) mass is 380 g/mol. The summed E-state index contributed by atoms with van der Waals surface area (Å²) >= 11 is 0. The van der Waals surface area contributed by atoms with Crippen molar-refractivity contribution >= 4 is 17.6 Å². The Balaban J connectivity index is 2.07. The number of ether oxygens (including phenoxy) is 1. The summed E-state index contributed by atoms with van der Waals surface area (Å²) in [6.07, 6.45) is -5.09. The van der Waals surface area contributed by atoms with E-state index in [1.54, 1.807) is 12.1 Å². The zero-order chi connectivity index (χ0) is 20.0. The van der Waals surface area contributed by atoms with Gasteiger partial charge < -0.3 is 20.0 Å². The van der Waals surface area contributed by atoms with Gasteiger partial charge in [0.15, 0.2) is 0 Å². The lowest BCUT2D eigenvalue weighted by Crippen LogP contribution is -2.32. The third kappa shape index (κ3) is 7.01. The molecule has 0 spiro atoms. The minimum Gasteiger partial charge on any atom is -0.550 e. The fourth-order valence-electron chi connectivity index (χ4n) is 2.57. The normalized spacial score (nSPS) is 12.3. The van der Waals surface area contributed by atoms with Crippen molar-refractivity contribution in [1.29, 1.82) is 0 Å². The molecule has 0 unspecified atom stereocenters. The topological polar surface area (TPSA) is 78.5 Å². The lowest BCUT2D eigenvalue weighted by Gasteiger charge is -2.18. The van der Waals surface area contributed by atoms with Crippen LogP contribution in [0.15, 0.2) is 48.5 Å². The van der Waals surface area contributed by atoms with Gasteiger partial charge in [-0.15, -0.1) is 13.2 Å². The largest absolute Gasteiger partial charge is 0.573 e. The average molecular weight is 380 g/mol. The lowest BCUT2D eigenvalue weighted by molar-refractivity contribution is -0.306. The first-order valence-corrected chi connectivity index (χ1v) is 8.04. The molecule has 0 aliphatic heterocycles. The quantitative estimate of drug-likeness (QED) is 0.801. The Hall–Kier alpha value is -3.03. The van der Waals surface area contributed by atoms with E-state index in [-0.39, 0.29) is 12.1 Å². The van der Waals surface area contributed by atoms with Crippen LogP contribution >= 0.6 is 0 Å². The molecule has 0 fully saturated rings. The van der Waals surface area contributed by atoms with E-state index < -0.39 is 36.3 Å². The summed E-state index contributed by atoms with van der Waals surface area (Å²) in [5, 5.41) is 13.5. The van der Waals surface area contributed by atoms with Crippen molar-refractivity contribution < 1.29 is 32.6 Å². The van der Waals surface area contributed by atoms with Crippen LogP contribution in [0.2, 0.25) is 0 Å². The van der Waals surface area contributed by atoms with Gasteiger partial charge in [0.05, 0.1) is 0 Å². The molecule has 1 N–H and O–H groups in total. The van der Waals surface area contributed by atoms with E-state index in [0.717, 1.165) is 23.3 Å². The molecule has 0 aliphatic rings. The van der Waals surface area contributed by atoms with Crippen LogP contribution in [0.25, 0.3) is 0 Å². The molecule has 2 rings (SSSR count). The summed E-state index contributed by atoms with van der Waals surface area (Å²) in [7, 11) is 0. The fourth-order valence-corrected chi connectivity index (χ4v) is 2.57. The standard InChI is InChI=1S/C19H18F3NO4/c1-12-3-2-4-13(9-12)10-14(11-17(24)25)18(26)23-15-5-7-16(8-6-15)27-19(20,21)22/h2-9,14H,10-11H2,1H3,(H,23,26)(H,24,25)/p-1/t14-/m0/s1. The van der Waals surface area contributed by atoms with Gasteiger partial charge in [0, 0.05) is 17.6 Å². The number of aryl methyl sites for hydroxylation is 1. The molecule has 144 valence electrons. The zero-order valence-electron chi connectivity index (χ0n) is 14.4. The third-order valence-electron chi connectivity index (χ3n) is 3.70. The van der Waals surface area contributed by atoms with Crippen LogP contribution in [-0.4, -0.2) is 18.2 Å². The second kappa shape index (κ2) is 8.57. The summed E-state index contributed by atoms with van der Waals surface area (Å²) in [5.74, 6) is -3.24. The van der Waals surface area contributed by atoms with Crippen LogP contribution in [0.3, 0.4) is 0 Å². The highest BCUT2D eigenvalue weighted by Crippen LogP contribution is 2.24. The number of halogens is 3. The molecule has 27 heavy (non-hydrogen) atoms. The molecule has 0 radical (unpaired) electrons. The average Bonchev–Trinajstić information content (AvgIpc) is 2.54. The van der Waals surface area contributed by atoms with Crippen molar-refractivity contribution in [3.8, 4) is 5.75 Å². The first-order chi connectivity index (χ1) is 12.6. The summed E-state index contributed by atoms with van der Waals surface area (Å²) in [6.45, 7) is 1.88. The van der Waals surface area contributed by atoms with E-state index in [4.69, 9.17) is 0 Å². The minimum atomic E-state index is -4.81. The van der Waals surface area contributed by atoms with Gasteiger partial charge in [0.25, 0.3) is 0 Å². The number of carboxylic acids is 1. The van der Waals surface area contributed by atoms with Gasteiger partial charge in [0.1, 0.15) is 5.75 Å². The Morgan fingerprint density at radius 2 is 1.81 bits per heavy atom. The Morgan fingerprint density at radius 3 is 2.37 bits per heavy atom. The predicted molar refractivity (Wildman–Crippen MR) is 89.8 cm³/mol. The molecular weight excluding hydrogens is 363 g/mol. The molecule has 0 saturated carbocycles. The fraction of sp³-hybridized carbons (Fsp3) is 0.263. The summed E-state index contributed by atoms with van der Waals surface area (Å²) in [5.41, 5.74) is 1.99. The number of rotatable bonds is 7. The van der Waals surface area contributed by atoms with Crippen LogP contribution in [0, 0.1) is 12.8 Å². The summed E-state index contributed by atoms with van der Waals surface area (Å²) < 4.78 is 40.2. The van der Waals surface area contributed by atoms with Gasteiger partial charge in [-0.3, -0.25) is 4.79 Å². The van der Waals surface area contributed by atoms with Crippen LogP contribution in [-0.2, 0) is 16.0 Å². The lowest BCUT2D eigenvalue weighted by atomic mass is 9.94. The van der Waals surface area contributed by atoms with Gasteiger partial charge in [-0.1, -0.05) is 29.8 Å². The van der Waals surface area contributed by atoms with E-state index in [0.29, 0.717) is 0 Å². The molecule has 1 atom stereocenters. The Bertz CT molecular complexity index is 803. The predicted octanol–water partition coefficient (Wildman–Crippen LogP) is 2.83. The van der Waals surface area contributed by atoms with E-state index in [9.17, 15) is 27.9 Å². The van der Waals surface area contributed by atoms with Crippen molar-refractivity contribution in [2.45, 2.75) is 26.1 Å². The number of amides is 1. The molecule has 5 nitrogen and oxygen atoms in total. The van der Waals surface area contributed by atoms with Crippen LogP contribution in [0.1, 0.15) is 17.5 Å². The van der Waals surface area contributed by atoms with E-state index >= 15 is 0 Å². The number of benzene rings is 2. The van der Waals surface area contributed by atoms with Crippen molar-refractivity contribution in [2.24, 2.45) is 5.92 Å². The highest BCUT2D eigenvalue weighted by molar-refractivity contribution is 5.94. The second-order valence-corrected chi connectivity index (χ2v) is 6.03. The first kappa shape index (κ1) is 20.3. The van der Waals surface area contributed by atoms with Crippen LogP contribution in [0.5, 0.6) is 5.75 Å². The summed E-state index contributed by atoms with van der Waals surface area (Å²) in [6, 6.07) is 11.9. The third-order valence-corrected chi connectivity index (χ3v) is 3.70. The number of carboxylic acid groups (broad SMARTS) is 1. The van der Waals surface area contributed by atoms with Gasteiger partial charge in [-0.2, -0.15) is 0 Å². The van der Waals surface area contributed by atoms with Crippen molar-refractivity contribution in [2.75, 3.05) is 5.32 Å². The van der Waals surface area contributed by atoms with E-state index in [1.165, 1.54) is 12.1 Å². The highest BCUT2D eigenvalue weighted by Gasteiger charge is 2.31. The Kier molecular flexibility index (Phi) is 6.44. The number of alkyl halides is 3. The number of carbonyl (C=O) groups excluding carboxylic acids is 2. The van der Waals surface area contributed by atoms with Crippen LogP contribution in [0.4, 0.5) is 18.9 Å². The molecule has 0 bridgehead atoms. The smallest absolute Gasteiger partial charge is 0.550 e. The molecule has 2 aromatic carbocycles. The maximum Gasteiger partial charge on any atom is 0.573 e. The molecule has 1 amide bonds. The molecule has 2 aromatic rings. The number of hydrogen-bond acceptors (Lipinski definition) is 4. The first-order valence-electron chi connectivity index (χ1n) is 8.04. The second-order valence-electron chi connectivity index (χ2n) is 6.03. The molecule has 8 heteroatoms. The molecule has 0 aromatic heterocycles. The van der Waals surface area contributed by atoms with Gasteiger partial charge in [-0.25, -0.2) is 0 Å². The van der Waals surface area contributed by atoms with E-state index in [1.807, 2.05) is 19.1 Å². The zero-order valence-corrected chi connectivity index (χ0v) is 14.4. The van der Waals surface area contributed by atoms with Crippen molar-refractivity contribution in [3.05, 3.63) is 59.7 Å². The van der Waals surface area contributed by atoms with Gasteiger partial charge in [0.2, 0.25) is 5.91 Å². The number of nitrogens with one attached hydrogen (secondary N) is 1. The highest BCUT2D eigenvalue weighted by atomic mass is 19.4. The Labute approximate surface area is 153 Å². The number of hydrogen-bond donors (Lipinski definition) is 1. The molecule has 0 saturated heterocycles. The van der Waals surface area contributed by atoms with Crippen LogP contribution < -0.4 is 15.2 Å². The van der Waals surface area contributed by atoms with E-state index in [2.05, 4.69) is 10.1 Å². The minimum absolute atomic E-state index is 0.191. The maximum absolute atomic E-state index is 12.4. The number of aliphatic carboxylic acids is 1. The SMILES string of the molecule is Cc1cccc(C[C@@H](CC(=O)[O-])C(=O)Nc2ccc(OC(F)(F)F)cc2)c1. The van der Waals surface area contributed by atoms with Gasteiger partial charge >= 0.3 is 6.36 Å². The Morgan fingerprint density at radius 1 is 1.15 bits per heavy atom. The molecular formula is C19H17F3NO4-. The van der Waals surface area contributed by atoms with Gasteiger partial charge in [-0.05, 0) is 49.6 Å². The molecule has 0 heterocycles.